The summed E-state index contributed by atoms with van der Waals surface area (Å²) >= 11 is 0. The van der Waals surface area contributed by atoms with Gasteiger partial charge in [0.05, 0.1) is 17.6 Å². The van der Waals surface area contributed by atoms with Gasteiger partial charge in [0, 0.05) is 12.6 Å². The van der Waals surface area contributed by atoms with Gasteiger partial charge >= 0.3 is 5.97 Å². The van der Waals surface area contributed by atoms with Crippen LogP contribution in [0.2, 0.25) is 0 Å². The number of halogens is 1. The predicted molar refractivity (Wildman–Crippen MR) is 77.1 cm³/mol. The quantitative estimate of drug-likeness (QED) is 0.756. The molecular weight excluding hydrogens is 297 g/mol. The molecule has 0 radical (unpaired) electrons. The Hall–Kier alpha value is -1.47. The second-order valence-electron chi connectivity index (χ2n) is 4.84. The topological polar surface area (TPSA) is 63.7 Å². The highest BCUT2D eigenvalue weighted by Crippen LogP contribution is 2.24. The van der Waals surface area contributed by atoms with Gasteiger partial charge in [-0.3, -0.25) is 0 Å². The molecule has 1 aromatic carbocycles. The Bertz CT molecular complexity index is 613. The summed E-state index contributed by atoms with van der Waals surface area (Å²) in [7, 11) is -2.83. The lowest BCUT2D eigenvalue weighted by Gasteiger charge is -2.26. The Labute approximate surface area is 124 Å². The van der Waals surface area contributed by atoms with E-state index in [9.17, 15) is 17.6 Å². The van der Waals surface area contributed by atoms with Crippen molar-refractivity contribution in [3.63, 3.8) is 0 Å². The fourth-order valence-electron chi connectivity index (χ4n) is 1.99. The normalized spacial score (nSPS) is 12.0. The molecule has 0 heterocycles. The Kier molecular flexibility index (Phi) is 5.86. The molecule has 1 aromatic rings. The third kappa shape index (κ3) is 3.79. The molecule has 7 heteroatoms. The molecule has 0 unspecified atom stereocenters. The largest absolute Gasteiger partial charge is 0.465 e. The van der Waals surface area contributed by atoms with Crippen LogP contribution in [-0.2, 0) is 14.8 Å². The van der Waals surface area contributed by atoms with Crippen molar-refractivity contribution in [1.82, 2.24) is 4.31 Å². The van der Waals surface area contributed by atoms with Gasteiger partial charge in [-0.2, -0.15) is 4.31 Å². The maximum Gasteiger partial charge on any atom is 0.339 e. The van der Waals surface area contributed by atoms with Crippen molar-refractivity contribution in [2.75, 3.05) is 13.7 Å². The smallest absolute Gasteiger partial charge is 0.339 e. The molecule has 1 rings (SSSR count). The molecule has 0 aromatic heterocycles. The van der Waals surface area contributed by atoms with E-state index in [-0.39, 0.29) is 23.0 Å². The van der Waals surface area contributed by atoms with E-state index < -0.39 is 21.8 Å². The van der Waals surface area contributed by atoms with Crippen molar-refractivity contribution >= 4 is 16.0 Å². The SMILES string of the molecule is CCCN(C(C)C)S(=O)(=O)c1cc(F)ccc1C(=O)OC. The summed E-state index contributed by atoms with van der Waals surface area (Å²) in [6.07, 6.45) is 0.611. The van der Waals surface area contributed by atoms with Gasteiger partial charge in [-0.15, -0.1) is 0 Å². The predicted octanol–water partition coefficient (Wildman–Crippen LogP) is 2.42. The van der Waals surface area contributed by atoms with Gasteiger partial charge in [0.1, 0.15) is 5.82 Å². The van der Waals surface area contributed by atoms with Crippen LogP contribution in [0.15, 0.2) is 23.1 Å². The van der Waals surface area contributed by atoms with Crippen molar-refractivity contribution in [2.24, 2.45) is 0 Å². The second kappa shape index (κ2) is 7.00. The van der Waals surface area contributed by atoms with Gasteiger partial charge in [-0.25, -0.2) is 17.6 Å². The summed E-state index contributed by atoms with van der Waals surface area (Å²) in [6, 6.07) is 2.71. The number of rotatable bonds is 6. The molecule has 0 spiro atoms. The number of sulfonamides is 1. The number of hydrogen-bond acceptors (Lipinski definition) is 4. The van der Waals surface area contributed by atoms with E-state index in [4.69, 9.17) is 0 Å². The Morgan fingerprint density at radius 1 is 1.38 bits per heavy atom. The van der Waals surface area contributed by atoms with Crippen LogP contribution in [-0.4, -0.2) is 38.4 Å². The van der Waals surface area contributed by atoms with Crippen molar-refractivity contribution in [3.8, 4) is 0 Å². The molecule has 0 N–H and O–H groups in total. The number of carbonyl (C=O) groups is 1. The zero-order chi connectivity index (χ0) is 16.2. The molecule has 0 aliphatic rings. The lowest BCUT2D eigenvalue weighted by molar-refractivity contribution is 0.0596. The first kappa shape index (κ1) is 17.6. The molecule has 118 valence electrons. The van der Waals surface area contributed by atoms with Crippen LogP contribution in [0.1, 0.15) is 37.6 Å². The minimum atomic E-state index is -3.98. The molecule has 0 atom stereocenters. The Morgan fingerprint density at radius 2 is 2.00 bits per heavy atom. The molecule has 5 nitrogen and oxygen atoms in total. The van der Waals surface area contributed by atoms with Crippen molar-refractivity contribution in [3.05, 3.63) is 29.6 Å². The zero-order valence-corrected chi connectivity index (χ0v) is 13.4. The number of carbonyl (C=O) groups excluding carboxylic acids is 1. The number of methoxy groups -OCH3 is 1. The van der Waals surface area contributed by atoms with E-state index in [0.29, 0.717) is 6.42 Å². The van der Waals surface area contributed by atoms with Crippen LogP contribution >= 0.6 is 0 Å². The molecule has 0 aliphatic carbocycles. The minimum Gasteiger partial charge on any atom is -0.465 e. The van der Waals surface area contributed by atoms with E-state index in [1.165, 1.54) is 4.31 Å². The molecule has 0 bridgehead atoms. The molecule has 0 fully saturated rings. The average molecular weight is 317 g/mol. The third-order valence-electron chi connectivity index (χ3n) is 2.96. The summed E-state index contributed by atoms with van der Waals surface area (Å²) in [5.74, 6) is -1.53. The van der Waals surface area contributed by atoms with Gasteiger partial charge in [-0.1, -0.05) is 6.92 Å². The summed E-state index contributed by atoms with van der Waals surface area (Å²) in [5.41, 5.74) is -0.166. The number of ether oxygens (including phenoxy) is 1. The highest BCUT2D eigenvalue weighted by molar-refractivity contribution is 7.89. The number of hydrogen-bond donors (Lipinski definition) is 0. The summed E-state index contributed by atoms with van der Waals surface area (Å²) < 4.78 is 44.7. The Morgan fingerprint density at radius 3 is 2.48 bits per heavy atom. The van der Waals surface area contributed by atoms with E-state index in [0.717, 1.165) is 25.3 Å². The second-order valence-corrected chi connectivity index (χ2v) is 6.70. The first-order chi connectivity index (χ1) is 9.75. The van der Waals surface area contributed by atoms with Crippen molar-refractivity contribution in [2.45, 2.75) is 38.1 Å². The maximum atomic E-state index is 13.5. The first-order valence-electron chi connectivity index (χ1n) is 6.65. The third-order valence-corrected chi connectivity index (χ3v) is 5.07. The molecule has 0 saturated heterocycles. The van der Waals surface area contributed by atoms with Crippen molar-refractivity contribution < 1.29 is 22.3 Å². The van der Waals surface area contributed by atoms with Crippen molar-refractivity contribution in [1.29, 1.82) is 0 Å². The summed E-state index contributed by atoms with van der Waals surface area (Å²) in [6.45, 7) is 5.59. The number of nitrogens with zero attached hydrogens (tertiary/aromatic N) is 1. The molecular formula is C14H20FNO4S. The van der Waals surface area contributed by atoms with E-state index in [1.54, 1.807) is 13.8 Å². The monoisotopic (exact) mass is 317 g/mol. The summed E-state index contributed by atoms with van der Waals surface area (Å²) in [4.78, 5) is 11.4. The standard InChI is InChI=1S/C14H20FNO4S/c1-5-8-16(10(2)3)21(18,19)13-9-11(15)6-7-12(13)14(17)20-4/h6-7,9-10H,5,8H2,1-4H3. The van der Waals surface area contributed by atoms with E-state index in [2.05, 4.69) is 4.74 Å². The van der Waals surface area contributed by atoms with Gasteiger partial charge in [0.2, 0.25) is 10.0 Å². The van der Waals surface area contributed by atoms with Crippen LogP contribution in [0.4, 0.5) is 4.39 Å². The molecule has 0 saturated carbocycles. The fourth-order valence-corrected chi connectivity index (χ4v) is 3.91. The summed E-state index contributed by atoms with van der Waals surface area (Å²) in [5, 5.41) is 0. The molecule has 21 heavy (non-hydrogen) atoms. The van der Waals surface area contributed by atoms with Crippen LogP contribution in [0.5, 0.6) is 0 Å². The van der Waals surface area contributed by atoms with Crippen LogP contribution in [0.25, 0.3) is 0 Å². The lowest BCUT2D eigenvalue weighted by Crippen LogP contribution is -2.38. The highest BCUT2D eigenvalue weighted by atomic mass is 32.2. The van der Waals surface area contributed by atoms with Crippen LogP contribution in [0, 0.1) is 5.82 Å². The van der Waals surface area contributed by atoms with Gasteiger partial charge in [0.15, 0.2) is 0 Å². The van der Waals surface area contributed by atoms with Crippen LogP contribution < -0.4 is 0 Å². The zero-order valence-electron chi connectivity index (χ0n) is 12.6. The van der Waals surface area contributed by atoms with Gasteiger partial charge in [-0.05, 0) is 38.5 Å². The average Bonchev–Trinajstić information content (AvgIpc) is 2.43. The Balaban J connectivity index is 3.48. The fraction of sp³-hybridized carbons (Fsp3) is 0.500. The minimum absolute atomic E-state index is 0.166. The van der Waals surface area contributed by atoms with Gasteiger partial charge < -0.3 is 4.74 Å². The van der Waals surface area contributed by atoms with Crippen LogP contribution in [0.3, 0.4) is 0 Å². The number of benzene rings is 1. The number of esters is 1. The van der Waals surface area contributed by atoms with E-state index >= 15 is 0 Å². The van der Waals surface area contributed by atoms with E-state index in [1.807, 2.05) is 6.92 Å². The molecule has 0 amide bonds. The highest BCUT2D eigenvalue weighted by Gasteiger charge is 2.31. The first-order valence-corrected chi connectivity index (χ1v) is 8.09. The molecule has 0 aliphatic heterocycles. The maximum absolute atomic E-state index is 13.5. The van der Waals surface area contributed by atoms with Gasteiger partial charge in [0.25, 0.3) is 0 Å². The lowest BCUT2D eigenvalue weighted by atomic mass is 10.2.